The molecule has 2 aromatic heterocycles. The van der Waals surface area contributed by atoms with Gasteiger partial charge in [-0.1, -0.05) is 54.8 Å². The molecule has 2 aliphatic rings. The normalized spacial score (nSPS) is 17.1. The van der Waals surface area contributed by atoms with Gasteiger partial charge in [0.1, 0.15) is 12.1 Å². The zero-order valence-electron chi connectivity index (χ0n) is 22.8. The molecule has 1 aliphatic heterocycles. The number of nitriles is 1. The molecule has 0 saturated heterocycles. The van der Waals surface area contributed by atoms with E-state index in [1.807, 2.05) is 35.5 Å². The Morgan fingerprint density at radius 3 is 2.80 bits per heavy atom. The molecule has 1 aliphatic carbocycles. The first-order chi connectivity index (χ1) is 19.9. The molecule has 0 spiro atoms. The number of thiophene rings is 1. The van der Waals surface area contributed by atoms with Crippen molar-refractivity contribution in [2.75, 3.05) is 10.6 Å². The molecule has 0 unspecified atom stereocenters. The predicted octanol–water partition coefficient (Wildman–Crippen LogP) is 6.85. The van der Waals surface area contributed by atoms with Gasteiger partial charge < -0.3 is 16.1 Å². The summed E-state index contributed by atoms with van der Waals surface area (Å²) >= 11 is 8.17. The Morgan fingerprint density at radius 2 is 2.10 bits per heavy atom. The van der Waals surface area contributed by atoms with Gasteiger partial charge in [0, 0.05) is 39.8 Å². The van der Waals surface area contributed by atoms with Gasteiger partial charge in [0.25, 0.3) is 0 Å². The molecular formula is C31H28ClN7S. The van der Waals surface area contributed by atoms with Crippen molar-refractivity contribution in [3.05, 3.63) is 98.6 Å². The molecule has 0 bridgehead atoms. The molecular weight excluding hydrogens is 538 g/mol. The Bertz CT molecular complexity index is 1720. The van der Waals surface area contributed by atoms with Gasteiger partial charge in [0.2, 0.25) is 0 Å². The van der Waals surface area contributed by atoms with Crippen LogP contribution in [0.4, 0.5) is 11.4 Å². The summed E-state index contributed by atoms with van der Waals surface area (Å²) in [4.78, 5) is 5.24. The van der Waals surface area contributed by atoms with Crippen LogP contribution in [-0.4, -0.2) is 16.0 Å². The van der Waals surface area contributed by atoms with Gasteiger partial charge in [-0.25, -0.2) is 0 Å². The number of hydrogen-bond acceptors (Lipinski definition) is 8. The van der Waals surface area contributed by atoms with Gasteiger partial charge in [-0.15, -0.1) is 23.3 Å². The Balaban J connectivity index is 1.44. The fourth-order valence-electron chi connectivity index (χ4n) is 4.81. The van der Waals surface area contributed by atoms with Crippen molar-refractivity contribution in [1.82, 2.24) is 21.0 Å². The predicted molar refractivity (Wildman–Crippen MR) is 162 cm³/mol. The summed E-state index contributed by atoms with van der Waals surface area (Å²) in [6, 6.07) is 16.8. The van der Waals surface area contributed by atoms with Crippen LogP contribution in [0.3, 0.4) is 0 Å². The third-order valence-electron chi connectivity index (χ3n) is 7.05. The van der Waals surface area contributed by atoms with Crippen molar-refractivity contribution >= 4 is 45.2 Å². The Labute approximate surface area is 244 Å². The number of nitrogens with one attached hydrogen (secondary N) is 4. The number of nitrogens with zero attached hydrogens (tertiary/aromatic N) is 3. The molecule has 7 nitrogen and oxygen atoms in total. The number of halogens is 1. The van der Waals surface area contributed by atoms with E-state index in [0.717, 1.165) is 35.9 Å². The lowest BCUT2D eigenvalue weighted by molar-refractivity contribution is 0.260. The van der Waals surface area contributed by atoms with E-state index in [9.17, 15) is 6.63 Å². The van der Waals surface area contributed by atoms with E-state index in [1.165, 1.54) is 11.3 Å². The van der Waals surface area contributed by atoms with E-state index in [0.29, 0.717) is 44.0 Å². The summed E-state index contributed by atoms with van der Waals surface area (Å²) < 4.78 is 9.69. The minimum Gasteiger partial charge on any atom is -0.377 e. The van der Waals surface area contributed by atoms with Crippen LogP contribution in [0.25, 0.3) is 10.9 Å². The van der Waals surface area contributed by atoms with Crippen LogP contribution in [0.15, 0.2) is 72.0 Å². The van der Waals surface area contributed by atoms with Crippen molar-refractivity contribution in [2.24, 2.45) is 0 Å². The second kappa shape index (κ2) is 11.1. The molecule has 2 aromatic carbocycles. The van der Waals surface area contributed by atoms with E-state index in [4.69, 9.17) is 18.0 Å². The topological polar surface area (TPSA) is 88.0 Å². The maximum Gasteiger partial charge on any atom is 0.104 e. The molecule has 0 radical (unpaired) electrons. The van der Waals surface area contributed by atoms with Gasteiger partial charge >= 0.3 is 0 Å². The monoisotopic (exact) mass is 566 g/mol. The van der Waals surface area contributed by atoms with Gasteiger partial charge in [0.05, 0.1) is 40.5 Å². The van der Waals surface area contributed by atoms with Crippen molar-refractivity contribution in [3.63, 3.8) is 0 Å². The average molecular weight is 567 g/mol. The molecule has 6 rings (SSSR count). The van der Waals surface area contributed by atoms with Crippen LogP contribution < -0.4 is 21.6 Å². The fourth-order valence-corrected chi connectivity index (χ4v) is 5.93. The summed E-state index contributed by atoms with van der Waals surface area (Å²) in [5, 5.41) is 21.5. The Hall–Kier alpha value is -4.21. The Kier molecular flexibility index (Phi) is 6.89. The summed E-state index contributed by atoms with van der Waals surface area (Å²) in [6.07, 6.45) is 12.5. The number of pyridine rings is 1. The SMILES string of the molecule is [2H][C@@](Nc1cc(Cl)c2ncc(C#C)c(N[C@H](CC)c3ccccc3)c2c1)(C1=CN(C2CC2)NN1)c1cc(C#N)cs1. The van der Waals surface area contributed by atoms with Crippen molar-refractivity contribution < 1.29 is 1.37 Å². The fraction of sp³-hybridized carbons (Fsp3) is 0.226. The number of anilines is 2. The van der Waals surface area contributed by atoms with Crippen LogP contribution >= 0.6 is 22.9 Å². The standard InChI is InChI=1S/C31H28ClN7S/c1-3-20-16-34-30-24(29(20)36-26(4-2)21-8-6-5-7-9-21)13-22(14-25(30)32)35-31(28-12-19(15-33)18-40-28)27-17-39(38-37-27)23-10-11-23/h1,5-9,12-14,16-18,23,26,31,35,37-38H,4,10-11H2,2H3,(H,34,36)/t26-,31-/m1/s1/i31D. The van der Waals surface area contributed by atoms with Crippen LogP contribution in [-0.2, 0) is 0 Å². The number of terminal acetylenes is 1. The highest BCUT2D eigenvalue weighted by Gasteiger charge is 2.32. The van der Waals surface area contributed by atoms with Gasteiger partial charge in [0.15, 0.2) is 0 Å². The molecule has 9 heteroatoms. The maximum absolute atomic E-state index is 9.69. The smallest absolute Gasteiger partial charge is 0.104 e. The summed E-state index contributed by atoms with van der Waals surface area (Å²) in [5.41, 5.74) is 11.2. The van der Waals surface area contributed by atoms with E-state index >= 15 is 0 Å². The number of hydrogen-bond donors (Lipinski definition) is 4. The van der Waals surface area contributed by atoms with Crippen LogP contribution in [0, 0.1) is 23.7 Å². The summed E-state index contributed by atoms with van der Waals surface area (Å²) in [6.45, 7) is 2.12. The third kappa shape index (κ3) is 5.17. The molecule has 200 valence electrons. The molecule has 1 saturated carbocycles. The number of hydrazine groups is 2. The minimum absolute atomic E-state index is 0.0161. The van der Waals surface area contributed by atoms with Crippen LogP contribution in [0.2, 0.25) is 5.02 Å². The average Bonchev–Trinajstić information content (AvgIpc) is 3.50. The molecule has 4 aromatic rings. The molecule has 3 heterocycles. The molecule has 4 N–H and O–H groups in total. The summed E-state index contributed by atoms with van der Waals surface area (Å²) in [7, 11) is 0. The van der Waals surface area contributed by atoms with E-state index in [1.54, 1.807) is 23.7 Å². The lowest BCUT2D eigenvalue weighted by Crippen LogP contribution is -2.38. The second-order valence-electron chi connectivity index (χ2n) is 9.79. The van der Waals surface area contributed by atoms with Gasteiger partial charge in [-0.05, 0) is 43.0 Å². The maximum atomic E-state index is 9.69. The number of fused-ring (bicyclic) bond motifs is 1. The van der Waals surface area contributed by atoms with E-state index < -0.39 is 6.02 Å². The molecule has 0 amide bonds. The van der Waals surface area contributed by atoms with Gasteiger partial charge in [-0.3, -0.25) is 9.99 Å². The molecule has 1 fully saturated rings. The zero-order chi connectivity index (χ0) is 28.6. The van der Waals surface area contributed by atoms with Crippen LogP contribution in [0.1, 0.15) is 61.2 Å². The largest absolute Gasteiger partial charge is 0.377 e. The first kappa shape index (κ1) is 24.8. The highest BCUT2D eigenvalue weighted by atomic mass is 35.5. The quantitative estimate of drug-likeness (QED) is 0.165. The third-order valence-corrected chi connectivity index (χ3v) is 8.29. The van der Waals surface area contributed by atoms with E-state index in [-0.39, 0.29) is 6.04 Å². The van der Waals surface area contributed by atoms with Gasteiger partial charge in [-0.2, -0.15) is 5.26 Å². The Morgan fingerprint density at radius 1 is 1.27 bits per heavy atom. The number of aromatic nitrogens is 1. The first-order valence-corrected chi connectivity index (χ1v) is 14.4. The van der Waals surface area contributed by atoms with Crippen LogP contribution in [0.5, 0.6) is 0 Å². The number of rotatable bonds is 9. The highest BCUT2D eigenvalue weighted by molar-refractivity contribution is 7.10. The van der Waals surface area contributed by atoms with Crippen molar-refractivity contribution in [2.45, 2.75) is 44.3 Å². The van der Waals surface area contributed by atoms with Crippen molar-refractivity contribution in [3.8, 4) is 18.4 Å². The molecule has 40 heavy (non-hydrogen) atoms. The van der Waals surface area contributed by atoms with E-state index in [2.05, 4.69) is 57.6 Å². The summed E-state index contributed by atoms with van der Waals surface area (Å²) in [5.74, 6) is 2.77. The first-order valence-electron chi connectivity index (χ1n) is 13.6. The minimum atomic E-state index is -1.44. The zero-order valence-corrected chi connectivity index (χ0v) is 23.4. The highest BCUT2D eigenvalue weighted by Crippen LogP contribution is 2.39. The molecule has 2 atom stereocenters. The number of benzene rings is 2. The lowest BCUT2D eigenvalue weighted by atomic mass is 10.0. The second-order valence-corrected chi connectivity index (χ2v) is 11.1. The lowest BCUT2D eigenvalue weighted by Gasteiger charge is -2.23. The van der Waals surface area contributed by atoms with Crippen molar-refractivity contribution in [1.29, 1.82) is 5.26 Å².